The number of hydrogen-bond acceptors (Lipinski definition) is 2. The van der Waals surface area contributed by atoms with Gasteiger partial charge in [-0.2, -0.15) is 0 Å². The van der Waals surface area contributed by atoms with Crippen LogP contribution in [0.1, 0.15) is 19.3 Å². The molecule has 0 bridgehead atoms. The first-order chi connectivity index (χ1) is 7.16. The fourth-order valence-electron chi connectivity index (χ4n) is 1.91. The Hall–Kier alpha value is -0.800. The maximum Gasteiger partial charge on any atom is 0.141 e. The average Bonchev–Trinajstić information content (AvgIpc) is 2.59. The van der Waals surface area contributed by atoms with Crippen LogP contribution in [-0.4, -0.2) is 17.3 Å². The van der Waals surface area contributed by atoms with Crippen LogP contribution in [0.2, 0.25) is 5.02 Å². The average molecular weight is 230 g/mol. The number of aliphatic hydroxyl groups is 1. The molecule has 0 radical (unpaired) electrons. The van der Waals surface area contributed by atoms with Gasteiger partial charge >= 0.3 is 0 Å². The maximum atomic E-state index is 12.9. The van der Waals surface area contributed by atoms with Crippen LogP contribution >= 0.6 is 11.6 Å². The first kappa shape index (κ1) is 10.7. The van der Waals surface area contributed by atoms with Crippen molar-refractivity contribution in [3.8, 4) is 0 Å². The fourth-order valence-corrected chi connectivity index (χ4v) is 2.09. The Labute approximate surface area is 93.1 Å². The molecule has 0 unspecified atom stereocenters. The number of nitrogens with one attached hydrogen (secondary N) is 1. The maximum absolute atomic E-state index is 12.9. The summed E-state index contributed by atoms with van der Waals surface area (Å²) < 4.78 is 12.9. The predicted octanol–water partition coefficient (Wildman–Crippen LogP) is 2.80. The van der Waals surface area contributed by atoms with Crippen molar-refractivity contribution in [3.05, 3.63) is 29.0 Å². The van der Waals surface area contributed by atoms with Crippen molar-refractivity contribution in [2.24, 2.45) is 0 Å². The Morgan fingerprint density at radius 3 is 2.80 bits per heavy atom. The number of hydrogen-bond donors (Lipinski definition) is 2. The largest absolute Gasteiger partial charge is 0.391 e. The van der Waals surface area contributed by atoms with Crippen molar-refractivity contribution in [1.29, 1.82) is 0 Å². The summed E-state index contributed by atoms with van der Waals surface area (Å²) in [6.45, 7) is 0. The molecule has 1 aromatic rings. The summed E-state index contributed by atoms with van der Waals surface area (Å²) >= 11 is 5.66. The number of rotatable bonds is 2. The van der Waals surface area contributed by atoms with Crippen LogP contribution in [-0.2, 0) is 0 Å². The summed E-state index contributed by atoms with van der Waals surface area (Å²) in [7, 11) is 0. The van der Waals surface area contributed by atoms with E-state index in [9.17, 15) is 9.50 Å². The minimum atomic E-state index is -0.422. The monoisotopic (exact) mass is 229 g/mol. The Kier molecular flexibility index (Phi) is 3.12. The van der Waals surface area contributed by atoms with Crippen LogP contribution in [0.3, 0.4) is 0 Å². The van der Waals surface area contributed by atoms with Crippen molar-refractivity contribution in [2.45, 2.75) is 31.4 Å². The van der Waals surface area contributed by atoms with Crippen LogP contribution in [0.4, 0.5) is 10.1 Å². The quantitative estimate of drug-likeness (QED) is 0.818. The molecule has 2 atom stereocenters. The third-order valence-corrected chi connectivity index (χ3v) is 3.04. The smallest absolute Gasteiger partial charge is 0.141 e. The van der Waals surface area contributed by atoms with Gasteiger partial charge in [0.2, 0.25) is 0 Å². The van der Waals surface area contributed by atoms with E-state index in [1.165, 1.54) is 6.07 Å². The third kappa shape index (κ3) is 2.41. The highest BCUT2D eigenvalue weighted by molar-refractivity contribution is 6.31. The summed E-state index contributed by atoms with van der Waals surface area (Å²) in [5, 5.41) is 12.9. The van der Waals surface area contributed by atoms with E-state index in [0.29, 0.717) is 0 Å². The van der Waals surface area contributed by atoms with Gasteiger partial charge in [0, 0.05) is 5.69 Å². The Bertz CT molecular complexity index is 358. The summed E-state index contributed by atoms with van der Waals surface area (Å²) in [4.78, 5) is 0. The molecule has 0 heterocycles. The molecule has 0 aromatic heterocycles. The Morgan fingerprint density at radius 1 is 1.40 bits per heavy atom. The van der Waals surface area contributed by atoms with Crippen molar-refractivity contribution >= 4 is 17.3 Å². The third-order valence-electron chi connectivity index (χ3n) is 2.75. The number of aliphatic hydroxyl groups excluding tert-OH is 1. The predicted molar refractivity (Wildman–Crippen MR) is 58.7 cm³/mol. The van der Waals surface area contributed by atoms with Crippen molar-refractivity contribution < 1.29 is 9.50 Å². The first-order valence-corrected chi connectivity index (χ1v) is 5.44. The summed E-state index contributed by atoms with van der Waals surface area (Å²) in [5.41, 5.74) is 0.757. The molecule has 1 saturated carbocycles. The zero-order valence-corrected chi connectivity index (χ0v) is 8.97. The van der Waals surface area contributed by atoms with Crippen LogP contribution in [0.25, 0.3) is 0 Å². The standard InChI is InChI=1S/C11H13ClFNO/c12-8-6-7(4-5-9(8)13)14-10-2-1-3-11(10)15/h4-6,10-11,14-15H,1-3H2/t10-,11-/m1/s1. The summed E-state index contributed by atoms with van der Waals surface area (Å²) in [6, 6.07) is 4.56. The molecule has 82 valence electrons. The van der Waals surface area contributed by atoms with E-state index in [4.69, 9.17) is 11.6 Å². The van der Waals surface area contributed by atoms with Gasteiger partial charge in [-0.15, -0.1) is 0 Å². The highest BCUT2D eigenvalue weighted by Crippen LogP contribution is 2.25. The highest BCUT2D eigenvalue weighted by atomic mass is 35.5. The lowest BCUT2D eigenvalue weighted by Crippen LogP contribution is -2.27. The molecule has 15 heavy (non-hydrogen) atoms. The summed E-state index contributed by atoms with van der Waals surface area (Å²) in [5.74, 6) is -0.422. The molecule has 0 amide bonds. The SMILES string of the molecule is O[C@@H]1CCC[C@H]1Nc1ccc(F)c(Cl)c1. The van der Waals surface area contributed by atoms with Gasteiger partial charge in [0.1, 0.15) is 5.82 Å². The molecule has 1 aromatic carbocycles. The molecular weight excluding hydrogens is 217 g/mol. The molecule has 1 fully saturated rings. The van der Waals surface area contributed by atoms with E-state index in [-0.39, 0.29) is 17.2 Å². The van der Waals surface area contributed by atoms with Gasteiger partial charge < -0.3 is 10.4 Å². The van der Waals surface area contributed by atoms with Gasteiger partial charge in [-0.1, -0.05) is 11.6 Å². The molecule has 2 rings (SSSR count). The highest BCUT2D eigenvalue weighted by Gasteiger charge is 2.24. The zero-order chi connectivity index (χ0) is 10.8. The first-order valence-electron chi connectivity index (χ1n) is 5.06. The minimum Gasteiger partial charge on any atom is -0.391 e. The van der Waals surface area contributed by atoms with Crippen LogP contribution in [0, 0.1) is 5.82 Å². The fraction of sp³-hybridized carbons (Fsp3) is 0.455. The molecule has 2 N–H and O–H groups in total. The van der Waals surface area contributed by atoms with Crippen LogP contribution in [0.5, 0.6) is 0 Å². The van der Waals surface area contributed by atoms with Crippen LogP contribution < -0.4 is 5.32 Å². The number of anilines is 1. The molecule has 0 spiro atoms. The second kappa shape index (κ2) is 4.37. The van der Waals surface area contributed by atoms with Crippen molar-refractivity contribution in [3.63, 3.8) is 0 Å². The molecule has 2 nitrogen and oxygen atoms in total. The molecule has 4 heteroatoms. The van der Waals surface area contributed by atoms with Gasteiger partial charge in [-0.25, -0.2) is 4.39 Å². The Balaban J connectivity index is 2.07. The normalized spacial score (nSPS) is 25.5. The van der Waals surface area contributed by atoms with E-state index >= 15 is 0 Å². The van der Waals surface area contributed by atoms with E-state index in [1.54, 1.807) is 12.1 Å². The molecule has 0 saturated heterocycles. The Morgan fingerprint density at radius 2 is 2.20 bits per heavy atom. The van der Waals surface area contributed by atoms with E-state index < -0.39 is 5.82 Å². The van der Waals surface area contributed by atoms with Crippen LogP contribution in [0.15, 0.2) is 18.2 Å². The number of halogens is 2. The molecule has 1 aliphatic carbocycles. The van der Waals surface area contributed by atoms with Crippen molar-refractivity contribution in [2.75, 3.05) is 5.32 Å². The van der Waals surface area contributed by atoms with Gasteiger partial charge in [-0.05, 0) is 37.5 Å². The van der Waals surface area contributed by atoms with E-state index in [1.807, 2.05) is 0 Å². The summed E-state index contributed by atoms with van der Waals surface area (Å²) in [6.07, 6.45) is 2.48. The molecular formula is C11H13ClFNO. The number of benzene rings is 1. The van der Waals surface area contributed by atoms with E-state index in [2.05, 4.69) is 5.32 Å². The second-order valence-corrected chi connectivity index (χ2v) is 4.29. The van der Waals surface area contributed by atoms with Crippen molar-refractivity contribution in [1.82, 2.24) is 0 Å². The van der Waals surface area contributed by atoms with Gasteiger partial charge in [0.05, 0.1) is 17.2 Å². The van der Waals surface area contributed by atoms with Gasteiger partial charge in [-0.3, -0.25) is 0 Å². The lowest BCUT2D eigenvalue weighted by atomic mass is 10.2. The zero-order valence-electron chi connectivity index (χ0n) is 8.21. The van der Waals surface area contributed by atoms with Gasteiger partial charge in [0.15, 0.2) is 0 Å². The van der Waals surface area contributed by atoms with Gasteiger partial charge in [0.25, 0.3) is 0 Å². The van der Waals surface area contributed by atoms with E-state index in [0.717, 1.165) is 24.9 Å². The lowest BCUT2D eigenvalue weighted by molar-refractivity contribution is 0.172. The second-order valence-electron chi connectivity index (χ2n) is 3.88. The minimum absolute atomic E-state index is 0.0616. The molecule has 0 aliphatic heterocycles. The molecule has 1 aliphatic rings. The topological polar surface area (TPSA) is 32.3 Å². The lowest BCUT2D eigenvalue weighted by Gasteiger charge is -2.17.